The first-order valence-corrected chi connectivity index (χ1v) is 8.28. The third kappa shape index (κ3) is 3.30. The smallest absolute Gasteiger partial charge is 0.243 e. The molecule has 0 saturated heterocycles. The van der Waals surface area contributed by atoms with E-state index in [-0.39, 0.29) is 12.5 Å². The highest BCUT2D eigenvalue weighted by Crippen LogP contribution is 2.27. The molecule has 1 amide bonds. The van der Waals surface area contributed by atoms with Crippen LogP contribution in [0.4, 0.5) is 17.1 Å². The second kappa shape index (κ2) is 6.84. The molecule has 0 aliphatic rings. The van der Waals surface area contributed by atoms with E-state index >= 15 is 0 Å². The fourth-order valence-electron chi connectivity index (χ4n) is 2.56. The molecule has 7 heteroatoms. The lowest BCUT2D eigenvalue weighted by molar-refractivity contribution is -0.114. The van der Waals surface area contributed by atoms with E-state index in [0.29, 0.717) is 5.69 Å². The lowest BCUT2D eigenvalue weighted by atomic mass is 10.2. The van der Waals surface area contributed by atoms with Gasteiger partial charge in [-0.3, -0.25) is 4.79 Å². The summed E-state index contributed by atoms with van der Waals surface area (Å²) in [5.41, 5.74) is 4.29. The van der Waals surface area contributed by atoms with Gasteiger partial charge < -0.3 is 15.1 Å². The Labute approximate surface area is 145 Å². The van der Waals surface area contributed by atoms with Gasteiger partial charge in [0.2, 0.25) is 5.91 Å². The van der Waals surface area contributed by atoms with Crippen LogP contribution in [0.2, 0.25) is 0 Å². The summed E-state index contributed by atoms with van der Waals surface area (Å²) in [7, 11) is 5.89. The number of hydrogen-bond donors (Lipinski definition) is 1. The first-order chi connectivity index (χ1) is 11.6. The number of carbonyl (C=O) groups excluding carboxylic acids is 1. The maximum absolute atomic E-state index is 12.4. The van der Waals surface area contributed by atoms with Gasteiger partial charge >= 0.3 is 0 Å². The molecule has 1 heterocycles. The lowest BCUT2D eigenvalue weighted by Gasteiger charge is -2.25. The fourth-order valence-corrected chi connectivity index (χ4v) is 3.11. The maximum Gasteiger partial charge on any atom is 0.243 e. The van der Waals surface area contributed by atoms with Gasteiger partial charge in [0.15, 0.2) is 0 Å². The van der Waals surface area contributed by atoms with Crippen molar-refractivity contribution < 1.29 is 4.79 Å². The summed E-state index contributed by atoms with van der Waals surface area (Å²) in [5.74, 6) is -0.0911. The second-order valence-corrected chi connectivity index (χ2v) is 6.25. The van der Waals surface area contributed by atoms with E-state index in [0.717, 1.165) is 34.1 Å². The van der Waals surface area contributed by atoms with Crippen LogP contribution in [0.3, 0.4) is 0 Å². The van der Waals surface area contributed by atoms with Crippen LogP contribution in [0.15, 0.2) is 42.5 Å². The van der Waals surface area contributed by atoms with Crippen molar-refractivity contribution in [1.82, 2.24) is 8.75 Å². The van der Waals surface area contributed by atoms with E-state index < -0.39 is 0 Å². The number of fused-ring (bicyclic) bond motifs is 1. The normalized spacial score (nSPS) is 10.6. The Kier molecular flexibility index (Phi) is 4.61. The first-order valence-electron chi connectivity index (χ1n) is 7.55. The van der Waals surface area contributed by atoms with Gasteiger partial charge in [0.05, 0.1) is 35.3 Å². The number of benzene rings is 2. The number of nitrogens with one attached hydrogen (secondary N) is 1. The number of likely N-dealkylation sites (N-methyl/N-ethyl adjacent to an activating group) is 1. The van der Waals surface area contributed by atoms with Gasteiger partial charge in [-0.05, 0) is 24.3 Å². The molecule has 0 unspecified atom stereocenters. The number of nitrogens with zero attached hydrogens (tertiary/aromatic N) is 4. The SMILES string of the molecule is CN(C)c1ccccc1N(C)CC(=O)Nc1cccc2nsnc12. The molecule has 0 radical (unpaired) electrons. The number of amides is 1. The van der Waals surface area contributed by atoms with Crippen molar-refractivity contribution in [2.75, 3.05) is 42.8 Å². The zero-order valence-corrected chi connectivity index (χ0v) is 14.7. The van der Waals surface area contributed by atoms with Gasteiger partial charge in [-0.25, -0.2) is 0 Å². The van der Waals surface area contributed by atoms with Crippen molar-refractivity contribution in [3.8, 4) is 0 Å². The van der Waals surface area contributed by atoms with Crippen LogP contribution in [-0.4, -0.2) is 42.3 Å². The van der Waals surface area contributed by atoms with Crippen molar-refractivity contribution in [3.63, 3.8) is 0 Å². The molecule has 1 N–H and O–H groups in total. The quantitative estimate of drug-likeness (QED) is 0.773. The van der Waals surface area contributed by atoms with Gasteiger partial charge in [-0.15, -0.1) is 0 Å². The minimum Gasteiger partial charge on any atom is -0.376 e. The minimum atomic E-state index is -0.0911. The Hall–Kier alpha value is -2.67. The first kappa shape index (κ1) is 16.2. The Balaban J connectivity index is 1.74. The molecular weight excluding hydrogens is 322 g/mol. The number of anilines is 3. The van der Waals surface area contributed by atoms with E-state index in [9.17, 15) is 4.79 Å². The molecular formula is C17H19N5OS. The zero-order chi connectivity index (χ0) is 17.1. The van der Waals surface area contributed by atoms with E-state index in [4.69, 9.17) is 0 Å². The summed E-state index contributed by atoms with van der Waals surface area (Å²) in [6.07, 6.45) is 0. The molecule has 0 aliphatic carbocycles. The highest BCUT2D eigenvalue weighted by molar-refractivity contribution is 7.00. The van der Waals surface area contributed by atoms with Crippen LogP contribution in [0.5, 0.6) is 0 Å². The Morgan fingerprint density at radius 2 is 1.79 bits per heavy atom. The third-order valence-corrected chi connectivity index (χ3v) is 4.26. The van der Waals surface area contributed by atoms with Crippen molar-refractivity contribution in [2.45, 2.75) is 0 Å². The molecule has 1 aromatic heterocycles. The number of rotatable bonds is 5. The lowest BCUT2D eigenvalue weighted by Crippen LogP contribution is -2.31. The Morgan fingerprint density at radius 3 is 2.54 bits per heavy atom. The highest BCUT2D eigenvalue weighted by atomic mass is 32.1. The largest absolute Gasteiger partial charge is 0.376 e. The summed E-state index contributed by atoms with van der Waals surface area (Å²) in [5, 5.41) is 2.93. The molecule has 124 valence electrons. The van der Waals surface area contributed by atoms with Crippen molar-refractivity contribution in [1.29, 1.82) is 0 Å². The molecule has 2 aromatic carbocycles. The van der Waals surface area contributed by atoms with Crippen LogP contribution in [-0.2, 0) is 4.79 Å². The summed E-state index contributed by atoms with van der Waals surface area (Å²) in [6.45, 7) is 0.249. The van der Waals surface area contributed by atoms with E-state index in [1.807, 2.05) is 73.4 Å². The molecule has 0 aliphatic heterocycles. The molecule has 0 saturated carbocycles. The van der Waals surface area contributed by atoms with Crippen molar-refractivity contribution in [2.24, 2.45) is 0 Å². The van der Waals surface area contributed by atoms with Crippen LogP contribution in [0, 0.1) is 0 Å². The number of carbonyl (C=O) groups is 1. The second-order valence-electron chi connectivity index (χ2n) is 5.72. The average Bonchev–Trinajstić information content (AvgIpc) is 3.04. The summed E-state index contributed by atoms with van der Waals surface area (Å²) in [4.78, 5) is 16.4. The fraction of sp³-hybridized carbons (Fsp3) is 0.235. The number of hydrogen-bond acceptors (Lipinski definition) is 6. The standard InChI is InChI=1S/C17H19N5OS/c1-21(2)14-9-4-5-10-15(14)22(3)11-16(23)18-12-7-6-8-13-17(12)20-24-19-13/h4-10H,11H2,1-3H3,(H,18,23). The van der Waals surface area contributed by atoms with Crippen LogP contribution in [0.1, 0.15) is 0 Å². The van der Waals surface area contributed by atoms with Gasteiger partial charge in [-0.1, -0.05) is 18.2 Å². The average molecular weight is 341 g/mol. The Morgan fingerprint density at radius 1 is 1.04 bits per heavy atom. The zero-order valence-electron chi connectivity index (χ0n) is 13.9. The summed E-state index contributed by atoms with van der Waals surface area (Å²) < 4.78 is 8.43. The van der Waals surface area contributed by atoms with E-state index in [2.05, 4.69) is 14.1 Å². The van der Waals surface area contributed by atoms with Crippen LogP contribution in [0.25, 0.3) is 11.0 Å². The molecule has 3 rings (SSSR count). The number of aromatic nitrogens is 2. The van der Waals surface area contributed by atoms with Gasteiger partial charge in [0, 0.05) is 21.1 Å². The molecule has 0 fully saturated rings. The summed E-state index contributed by atoms with van der Waals surface area (Å²) in [6, 6.07) is 13.6. The number of para-hydroxylation sites is 2. The van der Waals surface area contributed by atoms with Crippen molar-refractivity contribution in [3.05, 3.63) is 42.5 Å². The monoisotopic (exact) mass is 341 g/mol. The maximum atomic E-state index is 12.4. The molecule has 24 heavy (non-hydrogen) atoms. The topological polar surface area (TPSA) is 61.4 Å². The molecule has 0 atom stereocenters. The van der Waals surface area contributed by atoms with E-state index in [1.165, 1.54) is 0 Å². The van der Waals surface area contributed by atoms with Gasteiger partial charge in [0.25, 0.3) is 0 Å². The van der Waals surface area contributed by atoms with Gasteiger partial charge in [-0.2, -0.15) is 8.75 Å². The molecule has 6 nitrogen and oxygen atoms in total. The van der Waals surface area contributed by atoms with Crippen LogP contribution >= 0.6 is 11.7 Å². The predicted octanol–water partition coefficient (Wildman–Crippen LogP) is 2.83. The third-order valence-electron chi connectivity index (χ3n) is 3.72. The molecule has 0 spiro atoms. The van der Waals surface area contributed by atoms with Crippen molar-refractivity contribution >= 4 is 45.7 Å². The molecule has 3 aromatic rings. The minimum absolute atomic E-state index is 0.0911. The Bertz CT molecular complexity index is 861. The summed E-state index contributed by atoms with van der Waals surface area (Å²) >= 11 is 1.14. The molecule has 0 bridgehead atoms. The van der Waals surface area contributed by atoms with Crippen LogP contribution < -0.4 is 15.1 Å². The predicted molar refractivity (Wildman–Crippen MR) is 100 cm³/mol. The van der Waals surface area contributed by atoms with E-state index in [1.54, 1.807) is 0 Å². The highest BCUT2D eigenvalue weighted by Gasteiger charge is 2.14. The van der Waals surface area contributed by atoms with Gasteiger partial charge in [0.1, 0.15) is 11.0 Å².